The first-order valence-electron chi connectivity index (χ1n) is 7.25. The predicted octanol–water partition coefficient (Wildman–Crippen LogP) is 3.33. The van der Waals surface area contributed by atoms with Crippen molar-refractivity contribution >= 4 is 17.0 Å². The van der Waals surface area contributed by atoms with Gasteiger partial charge in [-0.1, -0.05) is 24.3 Å². The summed E-state index contributed by atoms with van der Waals surface area (Å²) in [5, 5.41) is 8.94. The van der Waals surface area contributed by atoms with Crippen molar-refractivity contribution in [2.45, 2.75) is 26.8 Å². The minimum Gasteiger partial charge on any atom is -0.481 e. The highest BCUT2D eigenvalue weighted by Gasteiger charge is 2.09. The summed E-state index contributed by atoms with van der Waals surface area (Å²) in [5.41, 5.74) is 6.45. The average molecular weight is 294 g/mol. The highest BCUT2D eigenvalue weighted by Crippen LogP contribution is 2.20. The number of carbonyl (C=O) groups is 1. The average Bonchev–Trinajstić information content (AvgIpc) is 2.85. The quantitative estimate of drug-likeness (QED) is 0.803. The molecule has 0 aliphatic heterocycles. The number of carboxylic acids is 1. The van der Waals surface area contributed by atoms with Gasteiger partial charge in [0.15, 0.2) is 0 Å². The van der Waals surface area contributed by atoms with Crippen molar-refractivity contribution in [1.29, 1.82) is 0 Å². The van der Waals surface area contributed by atoms with E-state index in [1.165, 1.54) is 16.7 Å². The van der Waals surface area contributed by atoms with E-state index in [4.69, 9.17) is 5.11 Å². The lowest BCUT2D eigenvalue weighted by atomic mass is 10.0. The number of aliphatic carboxylic acids is 1. The number of hydrogen-bond acceptors (Lipinski definition) is 2. The number of hydrogen-bond donors (Lipinski definition) is 1. The molecule has 0 aliphatic rings. The van der Waals surface area contributed by atoms with E-state index < -0.39 is 5.97 Å². The number of carboxylic acid groups (broad SMARTS) is 1. The van der Waals surface area contributed by atoms with Crippen LogP contribution in [0.25, 0.3) is 11.0 Å². The second-order valence-corrected chi connectivity index (χ2v) is 5.64. The third kappa shape index (κ3) is 2.72. The largest absolute Gasteiger partial charge is 0.481 e. The summed E-state index contributed by atoms with van der Waals surface area (Å²) in [7, 11) is 0. The second-order valence-electron chi connectivity index (χ2n) is 5.64. The molecule has 1 aromatic heterocycles. The maximum Gasteiger partial charge on any atom is 0.307 e. The molecule has 0 fully saturated rings. The summed E-state index contributed by atoms with van der Waals surface area (Å²) >= 11 is 0. The first-order chi connectivity index (χ1) is 10.5. The zero-order valence-electron chi connectivity index (χ0n) is 12.7. The fourth-order valence-corrected chi connectivity index (χ4v) is 2.78. The lowest BCUT2D eigenvalue weighted by Gasteiger charge is -2.11. The van der Waals surface area contributed by atoms with Gasteiger partial charge in [0, 0.05) is 6.54 Å². The SMILES string of the molecule is Cc1cccc(C)c1Cn1cnc2ccc(CC(=O)O)cc21. The molecule has 1 N–H and O–H groups in total. The van der Waals surface area contributed by atoms with Crippen molar-refractivity contribution in [2.75, 3.05) is 0 Å². The fourth-order valence-electron chi connectivity index (χ4n) is 2.78. The van der Waals surface area contributed by atoms with Gasteiger partial charge in [-0.2, -0.15) is 0 Å². The van der Waals surface area contributed by atoms with E-state index in [1.54, 1.807) is 0 Å². The molecular weight excluding hydrogens is 276 g/mol. The van der Waals surface area contributed by atoms with Gasteiger partial charge in [-0.25, -0.2) is 4.98 Å². The lowest BCUT2D eigenvalue weighted by Crippen LogP contribution is -2.03. The van der Waals surface area contributed by atoms with E-state index in [0.29, 0.717) is 0 Å². The van der Waals surface area contributed by atoms with Gasteiger partial charge in [-0.05, 0) is 48.2 Å². The highest BCUT2D eigenvalue weighted by molar-refractivity contribution is 5.78. The third-order valence-corrected chi connectivity index (χ3v) is 4.01. The molecule has 0 bridgehead atoms. The molecule has 4 heteroatoms. The van der Waals surface area contributed by atoms with Gasteiger partial charge in [0.25, 0.3) is 0 Å². The summed E-state index contributed by atoms with van der Waals surface area (Å²) in [4.78, 5) is 15.3. The molecule has 0 amide bonds. The predicted molar refractivity (Wildman–Crippen MR) is 86.1 cm³/mol. The Labute approximate surface area is 129 Å². The maximum absolute atomic E-state index is 10.9. The van der Waals surface area contributed by atoms with Crippen molar-refractivity contribution in [3.8, 4) is 0 Å². The summed E-state index contributed by atoms with van der Waals surface area (Å²) < 4.78 is 2.08. The second kappa shape index (κ2) is 5.64. The topological polar surface area (TPSA) is 55.1 Å². The molecule has 0 saturated heterocycles. The van der Waals surface area contributed by atoms with Crippen LogP contribution in [0.1, 0.15) is 22.3 Å². The van der Waals surface area contributed by atoms with E-state index in [9.17, 15) is 4.79 Å². The minimum absolute atomic E-state index is 0.0323. The van der Waals surface area contributed by atoms with Crippen LogP contribution < -0.4 is 0 Å². The summed E-state index contributed by atoms with van der Waals surface area (Å²) in [6.45, 7) is 4.96. The molecule has 112 valence electrons. The number of aryl methyl sites for hydroxylation is 2. The lowest BCUT2D eigenvalue weighted by molar-refractivity contribution is -0.136. The molecule has 0 unspecified atom stereocenters. The van der Waals surface area contributed by atoms with Crippen LogP contribution in [-0.2, 0) is 17.8 Å². The van der Waals surface area contributed by atoms with Gasteiger partial charge < -0.3 is 9.67 Å². The Morgan fingerprint density at radius 2 is 1.91 bits per heavy atom. The van der Waals surface area contributed by atoms with E-state index >= 15 is 0 Å². The van der Waals surface area contributed by atoms with Gasteiger partial charge in [-0.15, -0.1) is 0 Å². The van der Waals surface area contributed by atoms with Crippen molar-refractivity contribution in [1.82, 2.24) is 9.55 Å². The number of fused-ring (bicyclic) bond motifs is 1. The van der Waals surface area contributed by atoms with E-state index in [-0.39, 0.29) is 6.42 Å². The van der Waals surface area contributed by atoms with Gasteiger partial charge in [-0.3, -0.25) is 4.79 Å². The van der Waals surface area contributed by atoms with Crippen molar-refractivity contribution < 1.29 is 9.90 Å². The molecule has 3 aromatic rings. The van der Waals surface area contributed by atoms with E-state index in [2.05, 4.69) is 41.6 Å². The molecule has 2 aromatic carbocycles. The summed E-state index contributed by atoms with van der Waals surface area (Å²) in [5.74, 6) is -0.819. The summed E-state index contributed by atoms with van der Waals surface area (Å²) in [6, 6.07) is 11.9. The highest BCUT2D eigenvalue weighted by atomic mass is 16.4. The van der Waals surface area contributed by atoms with Gasteiger partial charge in [0.1, 0.15) is 0 Å². The first-order valence-corrected chi connectivity index (χ1v) is 7.25. The number of nitrogens with zero attached hydrogens (tertiary/aromatic N) is 2. The van der Waals surface area contributed by atoms with Gasteiger partial charge >= 0.3 is 5.97 Å². The van der Waals surface area contributed by atoms with Crippen LogP contribution in [0.4, 0.5) is 0 Å². The van der Waals surface area contributed by atoms with E-state index in [0.717, 1.165) is 23.1 Å². The van der Waals surface area contributed by atoms with Crippen LogP contribution in [-0.4, -0.2) is 20.6 Å². The molecule has 0 spiro atoms. The first kappa shape index (κ1) is 14.3. The fraction of sp³-hybridized carbons (Fsp3) is 0.222. The van der Waals surface area contributed by atoms with Crippen LogP contribution in [0.2, 0.25) is 0 Å². The number of benzene rings is 2. The molecule has 22 heavy (non-hydrogen) atoms. The monoisotopic (exact) mass is 294 g/mol. The minimum atomic E-state index is -0.819. The number of imidazole rings is 1. The Morgan fingerprint density at radius 3 is 2.59 bits per heavy atom. The smallest absolute Gasteiger partial charge is 0.307 e. The van der Waals surface area contributed by atoms with Crippen molar-refractivity contribution in [3.63, 3.8) is 0 Å². The van der Waals surface area contributed by atoms with Gasteiger partial charge in [0.05, 0.1) is 23.8 Å². The van der Waals surface area contributed by atoms with Crippen LogP contribution in [0.15, 0.2) is 42.7 Å². The molecule has 0 aliphatic carbocycles. The molecule has 0 atom stereocenters. The molecule has 4 nitrogen and oxygen atoms in total. The Morgan fingerprint density at radius 1 is 1.18 bits per heavy atom. The Balaban J connectivity index is 2.02. The van der Waals surface area contributed by atoms with Crippen LogP contribution in [0, 0.1) is 13.8 Å². The molecule has 0 saturated carbocycles. The zero-order chi connectivity index (χ0) is 15.7. The standard InChI is InChI=1S/C18H18N2O2/c1-12-4-3-5-13(2)15(12)10-20-11-19-16-7-6-14(8-17(16)20)9-18(21)22/h3-8,11H,9-10H2,1-2H3,(H,21,22). The van der Waals surface area contributed by atoms with Crippen LogP contribution in [0.5, 0.6) is 0 Å². The van der Waals surface area contributed by atoms with Crippen molar-refractivity contribution in [3.05, 3.63) is 65.0 Å². The zero-order valence-corrected chi connectivity index (χ0v) is 12.7. The van der Waals surface area contributed by atoms with Crippen molar-refractivity contribution in [2.24, 2.45) is 0 Å². The Hall–Kier alpha value is -2.62. The number of rotatable bonds is 4. The van der Waals surface area contributed by atoms with E-state index in [1.807, 2.05) is 24.5 Å². The Kier molecular flexibility index (Phi) is 3.67. The summed E-state index contributed by atoms with van der Waals surface area (Å²) in [6.07, 6.45) is 1.85. The number of aromatic nitrogens is 2. The molecular formula is C18H18N2O2. The van der Waals surface area contributed by atoms with Crippen LogP contribution in [0.3, 0.4) is 0 Å². The van der Waals surface area contributed by atoms with Gasteiger partial charge in [0.2, 0.25) is 0 Å². The maximum atomic E-state index is 10.9. The Bertz CT molecular complexity index is 829. The third-order valence-electron chi connectivity index (χ3n) is 4.01. The molecule has 1 heterocycles. The normalized spacial score (nSPS) is 11.0. The van der Waals surface area contributed by atoms with Crippen LogP contribution >= 0.6 is 0 Å². The molecule has 3 rings (SSSR count). The molecule has 0 radical (unpaired) electrons.